The van der Waals surface area contributed by atoms with Crippen LogP contribution in [0.15, 0.2) is 12.2 Å². The highest BCUT2D eigenvalue weighted by Gasteiger charge is 2.26. The molecule has 0 saturated carbocycles. The summed E-state index contributed by atoms with van der Waals surface area (Å²) in [4.78, 5) is 22.0. The van der Waals surface area contributed by atoms with Gasteiger partial charge in [-0.3, -0.25) is 9.59 Å². The van der Waals surface area contributed by atoms with Gasteiger partial charge in [0.05, 0.1) is 10.8 Å². The molecule has 4 nitrogen and oxygen atoms in total. The van der Waals surface area contributed by atoms with E-state index in [4.69, 9.17) is 10.2 Å². The SMILES string of the molecule is CC(C)(CCCCCC=CCCCCCCC(C)(C)C(=O)O)C(=O)O. The molecule has 0 spiro atoms. The third-order valence-electron chi connectivity index (χ3n) is 4.92. The van der Waals surface area contributed by atoms with E-state index in [0.29, 0.717) is 0 Å². The first kappa shape index (κ1) is 23.7. The molecular formula is C21H38O4. The molecule has 0 aromatic heterocycles. The molecule has 0 aromatic carbocycles. The Balaban J connectivity index is 3.48. The Morgan fingerprint density at radius 1 is 0.640 bits per heavy atom. The fourth-order valence-corrected chi connectivity index (χ4v) is 2.64. The van der Waals surface area contributed by atoms with Crippen LogP contribution in [0, 0.1) is 10.8 Å². The summed E-state index contributed by atoms with van der Waals surface area (Å²) in [6, 6.07) is 0. The molecule has 0 aliphatic carbocycles. The fourth-order valence-electron chi connectivity index (χ4n) is 2.64. The Morgan fingerprint density at radius 2 is 0.960 bits per heavy atom. The second kappa shape index (κ2) is 12.1. The molecule has 0 rings (SSSR count). The normalized spacial score (nSPS) is 12.6. The molecule has 4 heteroatoms. The van der Waals surface area contributed by atoms with Crippen LogP contribution in [0.2, 0.25) is 0 Å². The summed E-state index contributed by atoms with van der Waals surface area (Å²) in [5.74, 6) is -1.42. The van der Waals surface area contributed by atoms with Gasteiger partial charge >= 0.3 is 11.9 Å². The molecule has 0 bridgehead atoms. The molecule has 25 heavy (non-hydrogen) atoms. The minimum absolute atomic E-state index is 0.598. The lowest BCUT2D eigenvalue weighted by Gasteiger charge is -2.18. The number of hydrogen-bond donors (Lipinski definition) is 2. The lowest BCUT2D eigenvalue weighted by atomic mass is 9.87. The quantitative estimate of drug-likeness (QED) is 0.277. The van der Waals surface area contributed by atoms with Gasteiger partial charge in [0.2, 0.25) is 0 Å². The highest BCUT2D eigenvalue weighted by molar-refractivity contribution is 5.73. The van der Waals surface area contributed by atoms with Crippen LogP contribution in [0.25, 0.3) is 0 Å². The lowest BCUT2D eigenvalue weighted by molar-refractivity contribution is -0.148. The van der Waals surface area contributed by atoms with Crippen LogP contribution in [-0.2, 0) is 9.59 Å². The number of unbranched alkanes of at least 4 members (excludes halogenated alkanes) is 7. The number of aliphatic carboxylic acids is 2. The van der Waals surface area contributed by atoms with Gasteiger partial charge in [-0.1, -0.05) is 44.3 Å². The number of carboxylic acid groups (broad SMARTS) is 2. The molecule has 0 amide bonds. The third kappa shape index (κ3) is 11.8. The largest absolute Gasteiger partial charge is 0.481 e. The minimum atomic E-state index is -0.709. The van der Waals surface area contributed by atoms with Crippen molar-refractivity contribution in [3.63, 3.8) is 0 Å². The van der Waals surface area contributed by atoms with Gasteiger partial charge in [0, 0.05) is 0 Å². The molecule has 0 aliphatic heterocycles. The van der Waals surface area contributed by atoms with E-state index in [1.54, 1.807) is 27.7 Å². The first-order valence-electron chi connectivity index (χ1n) is 9.71. The zero-order valence-corrected chi connectivity index (χ0v) is 16.6. The Hall–Kier alpha value is -1.32. The molecule has 2 N–H and O–H groups in total. The summed E-state index contributed by atoms with van der Waals surface area (Å²) < 4.78 is 0. The number of carbonyl (C=O) groups is 2. The summed E-state index contributed by atoms with van der Waals surface area (Å²) in [7, 11) is 0. The van der Waals surface area contributed by atoms with Crippen LogP contribution in [0.3, 0.4) is 0 Å². The average Bonchev–Trinajstić information content (AvgIpc) is 2.51. The van der Waals surface area contributed by atoms with Crippen molar-refractivity contribution in [2.24, 2.45) is 10.8 Å². The second-order valence-electron chi connectivity index (χ2n) is 8.40. The topological polar surface area (TPSA) is 74.6 Å². The van der Waals surface area contributed by atoms with Crippen molar-refractivity contribution in [3.05, 3.63) is 12.2 Å². The highest BCUT2D eigenvalue weighted by atomic mass is 16.4. The zero-order chi connectivity index (χ0) is 19.3. The van der Waals surface area contributed by atoms with Crippen molar-refractivity contribution >= 4 is 11.9 Å². The van der Waals surface area contributed by atoms with Crippen molar-refractivity contribution in [2.45, 2.75) is 98.3 Å². The van der Waals surface area contributed by atoms with Gasteiger partial charge in [0.1, 0.15) is 0 Å². The maximum absolute atomic E-state index is 11.0. The maximum Gasteiger partial charge on any atom is 0.309 e. The zero-order valence-electron chi connectivity index (χ0n) is 16.6. The van der Waals surface area contributed by atoms with Gasteiger partial charge in [0.25, 0.3) is 0 Å². The van der Waals surface area contributed by atoms with Crippen molar-refractivity contribution in [1.29, 1.82) is 0 Å². The molecule has 0 radical (unpaired) electrons. The predicted octanol–water partition coefficient (Wildman–Crippen LogP) is 6.06. The van der Waals surface area contributed by atoms with E-state index >= 15 is 0 Å². The van der Waals surface area contributed by atoms with Crippen molar-refractivity contribution in [2.75, 3.05) is 0 Å². The Morgan fingerprint density at radius 3 is 1.32 bits per heavy atom. The highest BCUT2D eigenvalue weighted by Crippen LogP contribution is 2.25. The maximum atomic E-state index is 11.0. The van der Waals surface area contributed by atoms with E-state index in [1.807, 2.05) is 0 Å². The van der Waals surface area contributed by atoms with Gasteiger partial charge in [0.15, 0.2) is 0 Å². The van der Waals surface area contributed by atoms with E-state index in [-0.39, 0.29) is 0 Å². The van der Waals surface area contributed by atoms with E-state index in [9.17, 15) is 9.59 Å². The molecule has 146 valence electrons. The Labute approximate surface area is 153 Å². The third-order valence-corrected chi connectivity index (χ3v) is 4.92. The van der Waals surface area contributed by atoms with Crippen LogP contribution >= 0.6 is 0 Å². The van der Waals surface area contributed by atoms with Gasteiger partial charge in [-0.05, 0) is 66.2 Å². The Bertz CT molecular complexity index is 422. The summed E-state index contributed by atoms with van der Waals surface area (Å²) in [5.41, 5.74) is -1.20. The molecule has 0 unspecified atom stereocenters. The summed E-state index contributed by atoms with van der Waals surface area (Å²) in [6.45, 7) is 7.16. The van der Waals surface area contributed by atoms with Crippen LogP contribution in [0.1, 0.15) is 98.3 Å². The number of carboxylic acids is 2. The fraction of sp³-hybridized carbons (Fsp3) is 0.810. The smallest absolute Gasteiger partial charge is 0.309 e. The molecule has 0 atom stereocenters. The average molecular weight is 355 g/mol. The second-order valence-corrected chi connectivity index (χ2v) is 8.40. The molecule has 0 fully saturated rings. The van der Waals surface area contributed by atoms with Gasteiger partial charge < -0.3 is 10.2 Å². The van der Waals surface area contributed by atoms with Crippen molar-refractivity contribution in [3.8, 4) is 0 Å². The van der Waals surface area contributed by atoms with Crippen LogP contribution in [-0.4, -0.2) is 22.2 Å². The molecule has 0 heterocycles. The summed E-state index contributed by atoms with van der Waals surface area (Å²) in [6.07, 6.45) is 15.7. The van der Waals surface area contributed by atoms with E-state index < -0.39 is 22.8 Å². The molecular weight excluding hydrogens is 316 g/mol. The van der Waals surface area contributed by atoms with E-state index in [1.165, 1.54) is 0 Å². The number of hydrogen-bond acceptors (Lipinski definition) is 2. The molecule has 0 aromatic rings. The van der Waals surface area contributed by atoms with Crippen molar-refractivity contribution in [1.82, 2.24) is 0 Å². The lowest BCUT2D eigenvalue weighted by Crippen LogP contribution is -2.23. The first-order chi connectivity index (χ1) is 11.6. The monoisotopic (exact) mass is 354 g/mol. The van der Waals surface area contributed by atoms with Gasteiger partial charge in [-0.25, -0.2) is 0 Å². The molecule has 0 aliphatic rings. The van der Waals surface area contributed by atoms with Crippen molar-refractivity contribution < 1.29 is 19.8 Å². The first-order valence-corrected chi connectivity index (χ1v) is 9.71. The Kier molecular flexibility index (Phi) is 11.5. The summed E-state index contributed by atoms with van der Waals surface area (Å²) >= 11 is 0. The summed E-state index contributed by atoms with van der Waals surface area (Å²) in [5, 5.41) is 18.1. The standard InChI is InChI=1S/C21H38O4/c1-20(2,18(22)23)16-14-12-10-8-6-5-7-9-11-13-15-17-21(3,4)19(24)25/h5-6H,7-17H2,1-4H3,(H,22,23)(H,24,25). The predicted molar refractivity (Wildman–Crippen MR) is 103 cm³/mol. The number of rotatable bonds is 15. The van der Waals surface area contributed by atoms with Crippen LogP contribution < -0.4 is 0 Å². The van der Waals surface area contributed by atoms with Crippen LogP contribution in [0.4, 0.5) is 0 Å². The van der Waals surface area contributed by atoms with E-state index in [0.717, 1.165) is 70.6 Å². The van der Waals surface area contributed by atoms with E-state index in [2.05, 4.69) is 12.2 Å². The van der Waals surface area contributed by atoms with Gasteiger partial charge in [-0.15, -0.1) is 0 Å². The minimum Gasteiger partial charge on any atom is -0.481 e. The van der Waals surface area contributed by atoms with Crippen LogP contribution in [0.5, 0.6) is 0 Å². The number of allylic oxidation sites excluding steroid dienone is 2. The van der Waals surface area contributed by atoms with Gasteiger partial charge in [-0.2, -0.15) is 0 Å². The molecule has 0 saturated heterocycles.